The molecule has 0 heterocycles. The fourth-order valence-electron chi connectivity index (χ4n) is 2.12. The second-order valence-electron chi connectivity index (χ2n) is 4.81. The third-order valence-corrected chi connectivity index (χ3v) is 3.63. The summed E-state index contributed by atoms with van der Waals surface area (Å²) < 4.78 is 23.5. The molecule has 2 aromatic carbocycles. The predicted octanol–water partition coefficient (Wildman–Crippen LogP) is 3.20. The number of ether oxygens (including phenoxy) is 2. The Bertz CT molecular complexity index is 759. The van der Waals surface area contributed by atoms with E-state index in [4.69, 9.17) is 16.3 Å². The zero-order chi connectivity index (χ0) is 17.7. The molecule has 0 fully saturated rings. The van der Waals surface area contributed by atoms with Crippen LogP contribution in [0.1, 0.15) is 26.3 Å². The number of halogens is 2. The molecule has 0 aliphatic carbocycles. The van der Waals surface area contributed by atoms with Crippen LogP contribution in [-0.4, -0.2) is 26.1 Å². The maximum Gasteiger partial charge on any atom is 0.341 e. The number of amides is 1. The SMILES string of the molecule is COC(=O)c1cc(CNC(=O)c2c(F)cccc2Cl)ccc1OC. The number of hydrogen-bond donors (Lipinski definition) is 1. The molecule has 7 heteroatoms. The number of esters is 1. The number of carbonyl (C=O) groups excluding carboxylic acids is 2. The second-order valence-corrected chi connectivity index (χ2v) is 5.21. The molecule has 1 N–H and O–H groups in total. The minimum Gasteiger partial charge on any atom is -0.496 e. The van der Waals surface area contributed by atoms with Crippen molar-refractivity contribution < 1.29 is 23.5 Å². The first kappa shape index (κ1) is 17.7. The van der Waals surface area contributed by atoms with Crippen molar-refractivity contribution in [1.29, 1.82) is 0 Å². The Kier molecular flexibility index (Phi) is 5.76. The van der Waals surface area contributed by atoms with Crippen molar-refractivity contribution in [2.75, 3.05) is 14.2 Å². The van der Waals surface area contributed by atoms with Gasteiger partial charge in [-0.2, -0.15) is 0 Å². The Morgan fingerprint density at radius 2 is 1.96 bits per heavy atom. The lowest BCUT2D eigenvalue weighted by Gasteiger charge is -2.11. The molecule has 0 saturated carbocycles. The van der Waals surface area contributed by atoms with Gasteiger partial charge in [0, 0.05) is 6.54 Å². The topological polar surface area (TPSA) is 64.6 Å². The van der Waals surface area contributed by atoms with Gasteiger partial charge in [-0.15, -0.1) is 0 Å². The molecule has 0 saturated heterocycles. The highest BCUT2D eigenvalue weighted by Gasteiger charge is 2.17. The minimum absolute atomic E-state index is 0.0254. The standard InChI is InChI=1S/C17H15ClFNO4/c1-23-14-7-6-10(8-11(14)17(22)24-2)9-20-16(21)15-12(18)4-3-5-13(15)19/h3-8H,9H2,1-2H3,(H,20,21). The summed E-state index contributed by atoms with van der Waals surface area (Å²) in [6.07, 6.45) is 0. The van der Waals surface area contributed by atoms with Crippen LogP contribution in [0.15, 0.2) is 36.4 Å². The van der Waals surface area contributed by atoms with Crippen LogP contribution in [0.5, 0.6) is 5.75 Å². The van der Waals surface area contributed by atoms with E-state index in [1.54, 1.807) is 12.1 Å². The van der Waals surface area contributed by atoms with Gasteiger partial charge in [-0.1, -0.05) is 23.7 Å². The highest BCUT2D eigenvalue weighted by molar-refractivity contribution is 6.33. The zero-order valence-corrected chi connectivity index (χ0v) is 13.8. The molecular weight excluding hydrogens is 337 g/mol. The summed E-state index contributed by atoms with van der Waals surface area (Å²) in [5, 5.41) is 2.59. The van der Waals surface area contributed by atoms with Crippen molar-refractivity contribution in [2.24, 2.45) is 0 Å². The molecule has 2 aromatic rings. The molecule has 0 atom stereocenters. The maximum atomic E-state index is 13.7. The van der Waals surface area contributed by atoms with E-state index in [0.29, 0.717) is 11.3 Å². The van der Waals surface area contributed by atoms with Crippen molar-refractivity contribution in [3.8, 4) is 5.75 Å². The monoisotopic (exact) mass is 351 g/mol. The van der Waals surface area contributed by atoms with Crippen molar-refractivity contribution >= 4 is 23.5 Å². The van der Waals surface area contributed by atoms with E-state index in [1.807, 2.05) is 0 Å². The van der Waals surface area contributed by atoms with Crippen molar-refractivity contribution in [1.82, 2.24) is 5.32 Å². The summed E-state index contributed by atoms with van der Waals surface area (Å²) in [5.41, 5.74) is 0.633. The van der Waals surface area contributed by atoms with Gasteiger partial charge in [0.25, 0.3) is 5.91 Å². The van der Waals surface area contributed by atoms with Crippen molar-refractivity contribution in [3.05, 3.63) is 63.9 Å². The molecule has 0 aromatic heterocycles. The van der Waals surface area contributed by atoms with Gasteiger partial charge in [0.2, 0.25) is 0 Å². The van der Waals surface area contributed by atoms with E-state index in [-0.39, 0.29) is 22.7 Å². The minimum atomic E-state index is -0.704. The zero-order valence-electron chi connectivity index (χ0n) is 13.1. The van der Waals surface area contributed by atoms with Gasteiger partial charge >= 0.3 is 5.97 Å². The lowest BCUT2D eigenvalue weighted by atomic mass is 10.1. The van der Waals surface area contributed by atoms with Gasteiger partial charge < -0.3 is 14.8 Å². The number of hydrogen-bond acceptors (Lipinski definition) is 4. The van der Waals surface area contributed by atoms with E-state index in [0.717, 1.165) is 6.07 Å². The van der Waals surface area contributed by atoms with E-state index in [1.165, 1.54) is 32.4 Å². The van der Waals surface area contributed by atoms with Crippen molar-refractivity contribution in [2.45, 2.75) is 6.54 Å². The smallest absolute Gasteiger partial charge is 0.341 e. The third-order valence-electron chi connectivity index (χ3n) is 3.31. The number of methoxy groups -OCH3 is 2. The Labute approximate surface area is 143 Å². The summed E-state index contributed by atoms with van der Waals surface area (Å²) in [6.45, 7) is 0.0808. The first-order valence-corrected chi connectivity index (χ1v) is 7.33. The third kappa shape index (κ3) is 3.83. The van der Waals surface area contributed by atoms with Gasteiger partial charge in [0.15, 0.2) is 0 Å². The lowest BCUT2D eigenvalue weighted by Crippen LogP contribution is -2.24. The molecular formula is C17H15ClFNO4. The number of nitrogens with one attached hydrogen (secondary N) is 1. The average molecular weight is 352 g/mol. The first-order valence-electron chi connectivity index (χ1n) is 6.95. The van der Waals surface area contributed by atoms with Crippen LogP contribution in [0.25, 0.3) is 0 Å². The number of benzene rings is 2. The van der Waals surface area contributed by atoms with E-state index in [9.17, 15) is 14.0 Å². The Morgan fingerprint density at radius 1 is 1.21 bits per heavy atom. The highest BCUT2D eigenvalue weighted by atomic mass is 35.5. The summed E-state index contributed by atoms with van der Waals surface area (Å²) in [4.78, 5) is 23.8. The second kappa shape index (κ2) is 7.79. The van der Waals surface area contributed by atoms with Gasteiger partial charge in [-0.3, -0.25) is 4.79 Å². The summed E-state index contributed by atoms with van der Waals surface area (Å²) >= 11 is 5.85. The van der Waals surface area contributed by atoms with E-state index in [2.05, 4.69) is 10.1 Å². The summed E-state index contributed by atoms with van der Waals surface area (Å²) in [5.74, 6) is -1.55. The van der Waals surface area contributed by atoms with Crippen LogP contribution < -0.4 is 10.1 Å². The molecule has 0 radical (unpaired) electrons. The summed E-state index contributed by atoms with van der Waals surface area (Å²) in [7, 11) is 2.69. The number of rotatable bonds is 5. The van der Waals surface area contributed by atoms with Gasteiger partial charge in [0.05, 0.1) is 24.8 Å². The Morgan fingerprint density at radius 3 is 2.58 bits per heavy atom. The highest BCUT2D eigenvalue weighted by Crippen LogP contribution is 2.22. The molecule has 0 spiro atoms. The quantitative estimate of drug-likeness (QED) is 0.840. The molecule has 24 heavy (non-hydrogen) atoms. The molecule has 0 aliphatic heterocycles. The largest absolute Gasteiger partial charge is 0.496 e. The number of carbonyl (C=O) groups is 2. The lowest BCUT2D eigenvalue weighted by molar-refractivity contribution is 0.0597. The van der Waals surface area contributed by atoms with Crippen molar-refractivity contribution in [3.63, 3.8) is 0 Å². The van der Waals surface area contributed by atoms with Crippen LogP contribution in [-0.2, 0) is 11.3 Å². The molecule has 0 aliphatic rings. The van der Waals surface area contributed by atoms with Gasteiger partial charge in [-0.05, 0) is 29.8 Å². The van der Waals surface area contributed by atoms with Gasteiger partial charge in [-0.25, -0.2) is 9.18 Å². The molecule has 2 rings (SSSR count). The van der Waals surface area contributed by atoms with Crippen LogP contribution in [0.2, 0.25) is 5.02 Å². The molecule has 1 amide bonds. The van der Waals surface area contributed by atoms with Crippen LogP contribution in [0.4, 0.5) is 4.39 Å². The first-order chi connectivity index (χ1) is 11.5. The molecule has 5 nitrogen and oxygen atoms in total. The van der Waals surface area contributed by atoms with Gasteiger partial charge in [0.1, 0.15) is 17.1 Å². The molecule has 0 bridgehead atoms. The predicted molar refractivity (Wildman–Crippen MR) is 86.9 cm³/mol. The summed E-state index contributed by atoms with van der Waals surface area (Å²) in [6, 6.07) is 8.80. The normalized spacial score (nSPS) is 10.2. The van der Waals surface area contributed by atoms with Crippen LogP contribution >= 0.6 is 11.6 Å². The molecule has 0 unspecified atom stereocenters. The molecule has 126 valence electrons. The Balaban J connectivity index is 2.17. The van der Waals surface area contributed by atoms with Crippen LogP contribution in [0.3, 0.4) is 0 Å². The fraction of sp³-hybridized carbons (Fsp3) is 0.176. The van der Waals surface area contributed by atoms with E-state index >= 15 is 0 Å². The maximum absolute atomic E-state index is 13.7. The van der Waals surface area contributed by atoms with Crippen LogP contribution in [0, 0.1) is 5.82 Å². The fourth-order valence-corrected chi connectivity index (χ4v) is 2.37. The Hall–Kier alpha value is -2.60. The average Bonchev–Trinajstić information content (AvgIpc) is 2.58. The van der Waals surface area contributed by atoms with E-state index < -0.39 is 17.7 Å².